The lowest BCUT2D eigenvalue weighted by Crippen LogP contribution is -2.29. The summed E-state index contributed by atoms with van der Waals surface area (Å²) < 4.78 is 6.21. The first-order valence-corrected chi connectivity index (χ1v) is 7.60. The van der Waals surface area contributed by atoms with Crippen LogP contribution in [0.15, 0.2) is 42.5 Å². The van der Waals surface area contributed by atoms with Crippen molar-refractivity contribution in [1.82, 2.24) is 0 Å². The Labute approximate surface area is 142 Å². The number of rotatable bonds is 3. The predicted molar refractivity (Wildman–Crippen MR) is 94.1 cm³/mol. The highest BCUT2D eigenvalue weighted by atomic mass is 127. The molecule has 2 aromatic rings. The van der Waals surface area contributed by atoms with E-state index >= 15 is 0 Å². The minimum absolute atomic E-state index is 0.463. The van der Waals surface area contributed by atoms with Crippen LogP contribution in [0.2, 0.25) is 0 Å². The lowest BCUT2D eigenvalue weighted by atomic mass is 10.2. The SMILES string of the molecule is COc1ccc(C)cc1NC(=O)C(=O)Nc1ccc(I)cc1. The van der Waals surface area contributed by atoms with Gasteiger partial charge in [-0.2, -0.15) is 0 Å². The van der Waals surface area contributed by atoms with Crippen molar-refractivity contribution in [3.8, 4) is 5.75 Å². The molecule has 22 heavy (non-hydrogen) atoms. The van der Waals surface area contributed by atoms with Crippen LogP contribution < -0.4 is 15.4 Å². The van der Waals surface area contributed by atoms with Crippen molar-refractivity contribution < 1.29 is 14.3 Å². The van der Waals surface area contributed by atoms with Crippen molar-refractivity contribution in [2.24, 2.45) is 0 Å². The van der Waals surface area contributed by atoms with Gasteiger partial charge in [-0.05, 0) is 71.5 Å². The highest BCUT2D eigenvalue weighted by molar-refractivity contribution is 14.1. The zero-order chi connectivity index (χ0) is 16.1. The summed E-state index contributed by atoms with van der Waals surface area (Å²) in [5, 5.41) is 5.10. The molecule has 2 N–H and O–H groups in total. The third kappa shape index (κ3) is 4.20. The van der Waals surface area contributed by atoms with Crippen LogP contribution >= 0.6 is 22.6 Å². The maximum atomic E-state index is 12.0. The third-order valence-electron chi connectivity index (χ3n) is 2.91. The van der Waals surface area contributed by atoms with Gasteiger partial charge in [-0.3, -0.25) is 9.59 Å². The molecule has 0 bridgehead atoms. The van der Waals surface area contributed by atoms with Crippen LogP contribution in [0.3, 0.4) is 0 Å². The Bertz CT molecular complexity index is 699. The zero-order valence-electron chi connectivity index (χ0n) is 12.1. The van der Waals surface area contributed by atoms with E-state index in [1.54, 1.807) is 24.3 Å². The number of aryl methyl sites for hydroxylation is 1. The summed E-state index contributed by atoms with van der Waals surface area (Å²) in [4.78, 5) is 23.9. The normalized spacial score (nSPS) is 9.95. The molecule has 0 saturated carbocycles. The Balaban J connectivity index is 2.07. The van der Waals surface area contributed by atoms with Gasteiger partial charge in [0.15, 0.2) is 0 Å². The van der Waals surface area contributed by atoms with Crippen LogP contribution in [0, 0.1) is 10.5 Å². The summed E-state index contributed by atoms with van der Waals surface area (Å²) in [6.07, 6.45) is 0. The van der Waals surface area contributed by atoms with Crippen LogP contribution in [0.5, 0.6) is 5.75 Å². The molecule has 0 spiro atoms. The Kier molecular flexibility index (Phi) is 5.37. The first kappa shape index (κ1) is 16.3. The fourth-order valence-electron chi connectivity index (χ4n) is 1.82. The molecule has 0 unspecified atom stereocenters. The molecule has 2 rings (SSSR count). The van der Waals surface area contributed by atoms with E-state index in [1.165, 1.54) is 7.11 Å². The lowest BCUT2D eigenvalue weighted by molar-refractivity contribution is -0.133. The second-order valence-corrected chi connectivity index (χ2v) is 5.86. The molecule has 0 radical (unpaired) electrons. The molecule has 0 fully saturated rings. The van der Waals surface area contributed by atoms with Gasteiger partial charge in [-0.1, -0.05) is 6.07 Å². The van der Waals surface area contributed by atoms with Crippen molar-refractivity contribution >= 4 is 45.8 Å². The van der Waals surface area contributed by atoms with E-state index < -0.39 is 11.8 Å². The van der Waals surface area contributed by atoms with Crippen LogP contribution in [0.4, 0.5) is 11.4 Å². The minimum atomic E-state index is -0.748. The number of nitrogens with one attached hydrogen (secondary N) is 2. The van der Waals surface area contributed by atoms with Gasteiger partial charge in [0, 0.05) is 9.26 Å². The van der Waals surface area contributed by atoms with Gasteiger partial charge in [0.2, 0.25) is 0 Å². The molecule has 0 aromatic heterocycles. The van der Waals surface area contributed by atoms with E-state index in [9.17, 15) is 9.59 Å². The number of halogens is 1. The smallest absolute Gasteiger partial charge is 0.314 e. The Morgan fingerprint density at radius 3 is 2.27 bits per heavy atom. The van der Waals surface area contributed by atoms with Crippen molar-refractivity contribution in [3.05, 3.63) is 51.6 Å². The molecule has 0 saturated heterocycles. The van der Waals surface area contributed by atoms with Gasteiger partial charge < -0.3 is 15.4 Å². The average Bonchev–Trinajstić information content (AvgIpc) is 2.49. The van der Waals surface area contributed by atoms with E-state index in [1.807, 2.05) is 25.1 Å². The maximum Gasteiger partial charge on any atom is 0.314 e. The van der Waals surface area contributed by atoms with Crippen molar-refractivity contribution in [2.75, 3.05) is 17.7 Å². The van der Waals surface area contributed by atoms with E-state index in [0.717, 1.165) is 9.13 Å². The largest absolute Gasteiger partial charge is 0.495 e. The van der Waals surface area contributed by atoms with Crippen LogP contribution in [-0.4, -0.2) is 18.9 Å². The van der Waals surface area contributed by atoms with E-state index in [4.69, 9.17) is 4.74 Å². The quantitative estimate of drug-likeness (QED) is 0.604. The maximum absolute atomic E-state index is 12.0. The molecule has 5 nitrogen and oxygen atoms in total. The highest BCUT2D eigenvalue weighted by Crippen LogP contribution is 2.25. The molecular weight excluding hydrogens is 395 g/mol. The van der Waals surface area contributed by atoms with Crippen LogP contribution in [0.25, 0.3) is 0 Å². The predicted octanol–water partition coefficient (Wildman–Crippen LogP) is 3.19. The van der Waals surface area contributed by atoms with Gasteiger partial charge >= 0.3 is 11.8 Å². The van der Waals surface area contributed by atoms with E-state index in [0.29, 0.717) is 17.1 Å². The van der Waals surface area contributed by atoms with Gasteiger partial charge in [-0.15, -0.1) is 0 Å². The van der Waals surface area contributed by atoms with Crippen molar-refractivity contribution in [3.63, 3.8) is 0 Å². The number of benzene rings is 2. The first-order chi connectivity index (χ1) is 10.5. The number of carbonyl (C=O) groups is 2. The second kappa shape index (κ2) is 7.26. The number of ether oxygens (including phenoxy) is 1. The topological polar surface area (TPSA) is 67.4 Å². The Morgan fingerprint density at radius 1 is 1.00 bits per heavy atom. The number of hydrogen-bond donors (Lipinski definition) is 2. The number of amides is 2. The summed E-state index contributed by atoms with van der Waals surface area (Å²) in [6.45, 7) is 1.89. The zero-order valence-corrected chi connectivity index (χ0v) is 14.3. The van der Waals surface area contributed by atoms with Gasteiger partial charge in [0.1, 0.15) is 5.75 Å². The van der Waals surface area contributed by atoms with E-state index in [2.05, 4.69) is 33.2 Å². The fourth-order valence-corrected chi connectivity index (χ4v) is 2.18. The summed E-state index contributed by atoms with van der Waals surface area (Å²) in [7, 11) is 1.51. The van der Waals surface area contributed by atoms with Gasteiger partial charge in [0.05, 0.1) is 12.8 Å². The van der Waals surface area contributed by atoms with Crippen LogP contribution in [-0.2, 0) is 9.59 Å². The number of hydrogen-bond acceptors (Lipinski definition) is 3. The number of carbonyl (C=O) groups excluding carboxylic acids is 2. The molecule has 0 aliphatic carbocycles. The standard InChI is InChI=1S/C16H15IN2O3/c1-10-3-8-14(22-2)13(9-10)19-16(21)15(20)18-12-6-4-11(17)5-7-12/h3-9H,1-2H3,(H,18,20)(H,19,21). The van der Waals surface area contributed by atoms with Crippen molar-refractivity contribution in [1.29, 1.82) is 0 Å². The first-order valence-electron chi connectivity index (χ1n) is 6.52. The van der Waals surface area contributed by atoms with Gasteiger partial charge in [-0.25, -0.2) is 0 Å². The van der Waals surface area contributed by atoms with Gasteiger partial charge in [0.25, 0.3) is 0 Å². The summed E-state index contributed by atoms with van der Waals surface area (Å²) in [6, 6.07) is 12.5. The minimum Gasteiger partial charge on any atom is -0.495 e. The average molecular weight is 410 g/mol. The molecule has 0 atom stereocenters. The lowest BCUT2D eigenvalue weighted by Gasteiger charge is -2.11. The molecule has 2 amide bonds. The van der Waals surface area contributed by atoms with Crippen LogP contribution in [0.1, 0.15) is 5.56 Å². The Hall–Kier alpha value is -2.09. The highest BCUT2D eigenvalue weighted by Gasteiger charge is 2.16. The molecule has 6 heteroatoms. The molecule has 0 aliphatic rings. The monoisotopic (exact) mass is 410 g/mol. The number of methoxy groups -OCH3 is 1. The summed E-state index contributed by atoms with van der Waals surface area (Å²) in [5.74, 6) is -0.978. The number of anilines is 2. The molecule has 0 heterocycles. The molecule has 114 valence electrons. The summed E-state index contributed by atoms with van der Waals surface area (Å²) >= 11 is 2.16. The third-order valence-corrected chi connectivity index (χ3v) is 3.63. The second-order valence-electron chi connectivity index (χ2n) is 4.62. The summed E-state index contributed by atoms with van der Waals surface area (Å²) in [5.41, 5.74) is 1.98. The fraction of sp³-hybridized carbons (Fsp3) is 0.125. The Morgan fingerprint density at radius 2 is 1.64 bits per heavy atom. The molecule has 2 aromatic carbocycles. The molecular formula is C16H15IN2O3. The molecule has 0 aliphatic heterocycles. The van der Waals surface area contributed by atoms with Crippen molar-refractivity contribution in [2.45, 2.75) is 6.92 Å². The van der Waals surface area contributed by atoms with E-state index in [-0.39, 0.29) is 0 Å².